The molecule has 0 bridgehead atoms. The van der Waals surface area contributed by atoms with Crippen molar-refractivity contribution in [3.63, 3.8) is 0 Å². The molecule has 0 unspecified atom stereocenters. The molecule has 0 saturated carbocycles. The van der Waals surface area contributed by atoms with Gasteiger partial charge in [0, 0.05) is 5.69 Å². The molecule has 0 aliphatic rings. The molecule has 0 atom stereocenters. The summed E-state index contributed by atoms with van der Waals surface area (Å²) in [6, 6.07) is 5.55. The van der Waals surface area contributed by atoms with Gasteiger partial charge in [0.05, 0.1) is 11.0 Å². The van der Waals surface area contributed by atoms with Crippen LogP contribution in [0.5, 0.6) is 0 Å². The number of nitrogens with one attached hydrogen (secondary N) is 2. The summed E-state index contributed by atoms with van der Waals surface area (Å²) in [6.45, 7) is 5.13. The van der Waals surface area contributed by atoms with E-state index in [0.29, 0.717) is 0 Å². The fourth-order valence-electron chi connectivity index (χ4n) is 1.63. The van der Waals surface area contributed by atoms with Gasteiger partial charge in [-0.15, -0.1) is 0 Å². The maximum atomic E-state index is 11.0. The maximum Gasteiger partial charge on any atom is 0.328 e. The molecule has 0 fully saturated rings. The molecule has 0 spiro atoms. The van der Waals surface area contributed by atoms with Crippen LogP contribution in [0.2, 0.25) is 0 Å². The van der Waals surface area contributed by atoms with Crippen LogP contribution >= 0.6 is 0 Å². The van der Waals surface area contributed by atoms with E-state index < -0.39 is 11.5 Å². The number of carboxylic acid groups (broad SMARTS) is 1. The molecular weight excluding hydrogens is 218 g/mol. The number of anilines is 1. The van der Waals surface area contributed by atoms with Gasteiger partial charge in [0.2, 0.25) is 0 Å². The lowest BCUT2D eigenvalue weighted by atomic mass is 10.1. The first-order valence-electron chi connectivity index (χ1n) is 5.36. The Hall–Kier alpha value is -2.04. The van der Waals surface area contributed by atoms with E-state index in [1.807, 2.05) is 25.1 Å². The minimum Gasteiger partial charge on any atom is -0.480 e. The number of aliphatic carboxylic acids is 1. The molecule has 5 heteroatoms. The van der Waals surface area contributed by atoms with Crippen LogP contribution in [0.15, 0.2) is 18.2 Å². The second-order valence-corrected chi connectivity index (χ2v) is 4.61. The van der Waals surface area contributed by atoms with Gasteiger partial charge in [-0.2, -0.15) is 0 Å². The molecule has 0 aliphatic carbocycles. The Kier molecular flexibility index (Phi) is 2.53. The highest BCUT2D eigenvalue weighted by Gasteiger charge is 2.26. The molecule has 1 aromatic carbocycles. The van der Waals surface area contributed by atoms with Crippen LogP contribution in [0.3, 0.4) is 0 Å². The first-order chi connectivity index (χ1) is 7.88. The predicted molar refractivity (Wildman–Crippen MR) is 66.2 cm³/mol. The van der Waals surface area contributed by atoms with Crippen LogP contribution in [-0.4, -0.2) is 26.6 Å². The van der Waals surface area contributed by atoms with Crippen molar-refractivity contribution in [2.45, 2.75) is 26.3 Å². The average molecular weight is 233 g/mol. The first kappa shape index (κ1) is 11.4. The third-order valence-corrected chi connectivity index (χ3v) is 2.59. The summed E-state index contributed by atoms with van der Waals surface area (Å²) in [7, 11) is 0. The fourth-order valence-corrected chi connectivity index (χ4v) is 1.63. The monoisotopic (exact) mass is 233 g/mol. The number of hydrogen-bond acceptors (Lipinski definition) is 3. The second kappa shape index (κ2) is 3.76. The van der Waals surface area contributed by atoms with Crippen LogP contribution in [0, 0.1) is 6.92 Å². The number of aromatic nitrogens is 2. The zero-order valence-electron chi connectivity index (χ0n) is 10.0. The van der Waals surface area contributed by atoms with Gasteiger partial charge >= 0.3 is 5.97 Å². The lowest BCUT2D eigenvalue weighted by molar-refractivity contribution is -0.141. The van der Waals surface area contributed by atoms with Gasteiger partial charge in [0.25, 0.3) is 0 Å². The second-order valence-electron chi connectivity index (χ2n) is 4.61. The minimum atomic E-state index is -0.997. The SMILES string of the molecule is Cc1nc2ccc(NC(C)(C)C(=O)O)cc2[nH]1. The van der Waals surface area contributed by atoms with Gasteiger partial charge in [-0.1, -0.05) is 0 Å². The largest absolute Gasteiger partial charge is 0.480 e. The van der Waals surface area contributed by atoms with Gasteiger partial charge in [-0.05, 0) is 39.0 Å². The smallest absolute Gasteiger partial charge is 0.328 e. The first-order valence-corrected chi connectivity index (χ1v) is 5.36. The van der Waals surface area contributed by atoms with Crippen molar-refractivity contribution >= 4 is 22.7 Å². The molecule has 0 amide bonds. The van der Waals surface area contributed by atoms with Gasteiger partial charge < -0.3 is 15.4 Å². The van der Waals surface area contributed by atoms with E-state index in [1.54, 1.807) is 13.8 Å². The van der Waals surface area contributed by atoms with Gasteiger partial charge in [0.15, 0.2) is 0 Å². The van der Waals surface area contributed by atoms with E-state index in [2.05, 4.69) is 15.3 Å². The fraction of sp³-hybridized carbons (Fsp3) is 0.333. The third kappa shape index (κ3) is 2.22. The van der Waals surface area contributed by atoms with Crippen molar-refractivity contribution in [3.8, 4) is 0 Å². The Morgan fingerprint density at radius 3 is 2.82 bits per heavy atom. The van der Waals surface area contributed by atoms with E-state index in [9.17, 15) is 4.79 Å². The van der Waals surface area contributed by atoms with Gasteiger partial charge in [-0.3, -0.25) is 0 Å². The summed E-state index contributed by atoms with van der Waals surface area (Å²) in [6.07, 6.45) is 0. The molecule has 1 aromatic heterocycles. The highest BCUT2D eigenvalue weighted by atomic mass is 16.4. The van der Waals surface area contributed by atoms with Crippen LogP contribution < -0.4 is 5.32 Å². The zero-order valence-corrected chi connectivity index (χ0v) is 10.0. The molecule has 0 aliphatic heterocycles. The Morgan fingerprint density at radius 1 is 1.47 bits per heavy atom. The molecule has 3 N–H and O–H groups in total. The number of carboxylic acids is 1. The minimum absolute atomic E-state index is 0.758. The molecule has 0 saturated heterocycles. The maximum absolute atomic E-state index is 11.0. The average Bonchev–Trinajstić information content (AvgIpc) is 2.56. The van der Waals surface area contributed by atoms with E-state index >= 15 is 0 Å². The van der Waals surface area contributed by atoms with E-state index in [1.165, 1.54) is 0 Å². The highest BCUT2D eigenvalue weighted by molar-refractivity contribution is 5.84. The lowest BCUT2D eigenvalue weighted by Crippen LogP contribution is -2.39. The molecular formula is C12H15N3O2. The Labute approximate surface area is 98.9 Å². The van der Waals surface area contributed by atoms with Crippen molar-refractivity contribution in [1.29, 1.82) is 0 Å². The Morgan fingerprint density at radius 2 is 2.18 bits per heavy atom. The molecule has 17 heavy (non-hydrogen) atoms. The normalized spacial score (nSPS) is 11.7. The van der Waals surface area contributed by atoms with Crippen LogP contribution in [0.1, 0.15) is 19.7 Å². The van der Waals surface area contributed by atoms with Gasteiger partial charge in [-0.25, -0.2) is 9.78 Å². The number of imidazole rings is 1. The number of H-pyrrole nitrogens is 1. The van der Waals surface area contributed by atoms with Crippen LogP contribution in [0.25, 0.3) is 11.0 Å². The number of rotatable bonds is 3. The molecule has 90 valence electrons. The van der Waals surface area contributed by atoms with Crippen molar-refractivity contribution in [3.05, 3.63) is 24.0 Å². The highest BCUT2D eigenvalue weighted by Crippen LogP contribution is 2.20. The topological polar surface area (TPSA) is 78.0 Å². The summed E-state index contributed by atoms with van der Waals surface area (Å²) in [5.41, 5.74) is 1.53. The number of fused-ring (bicyclic) bond motifs is 1. The van der Waals surface area contributed by atoms with Crippen molar-refractivity contribution in [2.75, 3.05) is 5.32 Å². The van der Waals surface area contributed by atoms with E-state index in [0.717, 1.165) is 22.5 Å². The summed E-state index contributed by atoms with van der Waals surface area (Å²) in [4.78, 5) is 18.4. The van der Waals surface area contributed by atoms with Crippen molar-refractivity contribution in [1.82, 2.24) is 9.97 Å². The molecule has 1 heterocycles. The molecule has 2 rings (SSSR count). The summed E-state index contributed by atoms with van der Waals surface area (Å²) in [5.74, 6) is -0.0481. The van der Waals surface area contributed by atoms with Crippen LogP contribution in [0.4, 0.5) is 5.69 Å². The number of nitrogens with zero attached hydrogens (tertiary/aromatic N) is 1. The van der Waals surface area contributed by atoms with Gasteiger partial charge in [0.1, 0.15) is 11.4 Å². The summed E-state index contributed by atoms with van der Waals surface area (Å²) < 4.78 is 0. The quantitative estimate of drug-likeness (QED) is 0.759. The molecule has 5 nitrogen and oxygen atoms in total. The number of carbonyl (C=O) groups is 1. The summed E-state index contributed by atoms with van der Waals surface area (Å²) in [5, 5.41) is 12.0. The number of hydrogen-bond donors (Lipinski definition) is 3. The van der Waals surface area contributed by atoms with E-state index in [-0.39, 0.29) is 0 Å². The van der Waals surface area contributed by atoms with Crippen molar-refractivity contribution < 1.29 is 9.90 Å². The van der Waals surface area contributed by atoms with E-state index in [4.69, 9.17) is 5.11 Å². The number of aromatic amines is 1. The standard InChI is InChI=1S/C12H15N3O2/c1-7-13-9-5-4-8(6-10(9)14-7)15-12(2,3)11(16)17/h4-6,15H,1-3H3,(H,13,14)(H,16,17). The number of aryl methyl sites for hydroxylation is 1. The lowest BCUT2D eigenvalue weighted by Gasteiger charge is -2.22. The predicted octanol–water partition coefficient (Wildman–Crippen LogP) is 2.15. The molecule has 0 radical (unpaired) electrons. The van der Waals surface area contributed by atoms with Crippen molar-refractivity contribution in [2.24, 2.45) is 0 Å². The Balaban J connectivity index is 2.34. The van der Waals surface area contributed by atoms with Crippen LogP contribution in [-0.2, 0) is 4.79 Å². The third-order valence-electron chi connectivity index (χ3n) is 2.59. The zero-order chi connectivity index (χ0) is 12.6. The summed E-state index contributed by atoms with van der Waals surface area (Å²) >= 11 is 0. The molecule has 2 aromatic rings. The number of benzene rings is 1. The Bertz CT molecular complexity index is 572.